The van der Waals surface area contributed by atoms with Gasteiger partial charge in [0.05, 0.1) is 8.07 Å². The van der Waals surface area contributed by atoms with Gasteiger partial charge < -0.3 is 19.3 Å². The number of rotatable bonds is 3. The van der Waals surface area contributed by atoms with Crippen molar-refractivity contribution in [2.45, 2.75) is 12.6 Å². The molecule has 0 atom stereocenters. The van der Waals surface area contributed by atoms with Crippen LogP contribution in [0.3, 0.4) is 0 Å². The molecule has 0 spiro atoms. The maximum absolute atomic E-state index is 4.17. The molecule has 3 heteroatoms. The molecule has 0 bridgehead atoms. The van der Waals surface area contributed by atoms with Crippen molar-refractivity contribution in [1.82, 2.24) is 0 Å². The molecule has 0 amide bonds. The second-order valence-electron chi connectivity index (χ2n) is 4.31. The molecule has 18 heavy (non-hydrogen) atoms. The minimum absolute atomic E-state index is 0. The summed E-state index contributed by atoms with van der Waals surface area (Å²) in [7, 11) is -1.59. The average Bonchev–Trinajstić information content (AvgIpc) is 2.40. The van der Waals surface area contributed by atoms with Crippen LogP contribution in [0.15, 0.2) is 60.7 Å². The standard InChI is InChI=1S/C15H17Si.ClH.Mg/c1-3-16(2,14-10-6-4-7-11-14)15-12-8-5-9-13-15;;/h4-13H,1,3H2,2H3;1H;/q-1;;+2/p-1. The summed E-state index contributed by atoms with van der Waals surface area (Å²) in [6.45, 7) is 6.57. The van der Waals surface area contributed by atoms with E-state index in [4.69, 9.17) is 0 Å². The van der Waals surface area contributed by atoms with Crippen LogP contribution in [-0.2, 0) is 0 Å². The Morgan fingerprint density at radius 3 is 1.44 bits per heavy atom. The van der Waals surface area contributed by atoms with Gasteiger partial charge in [0.25, 0.3) is 0 Å². The first-order chi connectivity index (χ1) is 7.77. The molecule has 0 heterocycles. The van der Waals surface area contributed by atoms with E-state index in [0.29, 0.717) is 0 Å². The molecule has 0 aliphatic rings. The van der Waals surface area contributed by atoms with E-state index in [0.717, 1.165) is 6.04 Å². The van der Waals surface area contributed by atoms with Gasteiger partial charge in [0, 0.05) is 0 Å². The Balaban J connectivity index is 0.00000144. The third kappa shape index (κ3) is 3.61. The third-order valence-electron chi connectivity index (χ3n) is 3.32. The number of hydrogen-bond acceptors (Lipinski definition) is 0. The third-order valence-corrected chi connectivity index (χ3v) is 7.54. The first-order valence-electron chi connectivity index (χ1n) is 5.67. The largest absolute Gasteiger partial charge is 2.00 e. The summed E-state index contributed by atoms with van der Waals surface area (Å²) in [5.74, 6) is 0. The molecule has 0 unspecified atom stereocenters. The number of benzene rings is 2. The van der Waals surface area contributed by atoms with Crippen LogP contribution >= 0.6 is 0 Å². The Morgan fingerprint density at radius 1 is 0.833 bits per heavy atom. The van der Waals surface area contributed by atoms with Crippen LogP contribution in [-0.4, -0.2) is 31.1 Å². The van der Waals surface area contributed by atoms with Crippen LogP contribution in [0.1, 0.15) is 0 Å². The van der Waals surface area contributed by atoms with E-state index < -0.39 is 8.07 Å². The fourth-order valence-electron chi connectivity index (χ4n) is 2.07. The van der Waals surface area contributed by atoms with Gasteiger partial charge in [-0.2, -0.15) is 6.04 Å². The van der Waals surface area contributed by atoms with Crippen molar-refractivity contribution in [2.24, 2.45) is 0 Å². The second-order valence-corrected chi connectivity index (χ2v) is 8.63. The Hall–Kier alpha value is -0.287. The van der Waals surface area contributed by atoms with Gasteiger partial charge >= 0.3 is 23.1 Å². The predicted molar refractivity (Wildman–Crippen MR) is 79.7 cm³/mol. The molecule has 0 N–H and O–H groups in total. The molecule has 0 radical (unpaired) electrons. The number of hydrogen-bond donors (Lipinski definition) is 0. The molecule has 0 fully saturated rings. The van der Waals surface area contributed by atoms with Crippen molar-refractivity contribution in [3.05, 3.63) is 67.6 Å². The van der Waals surface area contributed by atoms with Gasteiger partial charge in [-0.05, 0) is 0 Å². The van der Waals surface area contributed by atoms with Crippen molar-refractivity contribution in [2.75, 3.05) is 0 Å². The summed E-state index contributed by atoms with van der Waals surface area (Å²) in [5, 5.41) is 2.94. The van der Waals surface area contributed by atoms with Gasteiger partial charge in [0.15, 0.2) is 0 Å². The summed E-state index contributed by atoms with van der Waals surface area (Å²) in [4.78, 5) is 0. The minimum atomic E-state index is -1.59. The Labute approximate surface area is 133 Å². The van der Waals surface area contributed by atoms with Crippen LogP contribution in [0, 0.1) is 6.92 Å². The Bertz CT molecular complexity index is 405. The quantitative estimate of drug-likeness (QED) is 0.519. The van der Waals surface area contributed by atoms with Crippen LogP contribution in [0.2, 0.25) is 12.6 Å². The maximum Gasteiger partial charge on any atom is 2.00 e. The minimum Gasteiger partial charge on any atom is -1.00 e. The molecule has 0 aliphatic carbocycles. The van der Waals surface area contributed by atoms with E-state index >= 15 is 0 Å². The summed E-state index contributed by atoms with van der Waals surface area (Å²) in [6, 6.07) is 22.6. The van der Waals surface area contributed by atoms with Crippen molar-refractivity contribution >= 4 is 41.5 Å². The predicted octanol–water partition coefficient (Wildman–Crippen LogP) is -0.663. The van der Waals surface area contributed by atoms with E-state index in [1.807, 2.05) is 0 Å². The molecule has 0 aromatic heterocycles. The SMILES string of the molecule is [CH2-]C[Si](C)(c1ccccc1)c1ccccc1.[Cl-].[Mg+2]. The zero-order valence-corrected chi connectivity index (χ0v) is 13.9. The van der Waals surface area contributed by atoms with E-state index in [1.165, 1.54) is 10.4 Å². The summed E-state index contributed by atoms with van der Waals surface area (Å²) < 4.78 is 0. The molecular formula is C15H17ClMgSi. The van der Waals surface area contributed by atoms with Crippen LogP contribution in [0.4, 0.5) is 0 Å². The summed E-state index contributed by atoms with van der Waals surface area (Å²) in [5.41, 5.74) is 0. The van der Waals surface area contributed by atoms with Crippen LogP contribution in [0.5, 0.6) is 0 Å². The van der Waals surface area contributed by atoms with Gasteiger partial charge in [0.1, 0.15) is 0 Å². The first kappa shape index (κ1) is 17.7. The zero-order chi connectivity index (χ0) is 11.4. The molecular weight excluding hydrogens is 268 g/mol. The topological polar surface area (TPSA) is 0 Å². The van der Waals surface area contributed by atoms with Crippen molar-refractivity contribution in [1.29, 1.82) is 0 Å². The first-order valence-corrected chi connectivity index (χ1v) is 8.38. The van der Waals surface area contributed by atoms with E-state index in [2.05, 4.69) is 74.1 Å². The fraction of sp³-hybridized carbons (Fsp3) is 0.133. The van der Waals surface area contributed by atoms with Gasteiger partial charge in [0.2, 0.25) is 0 Å². The maximum atomic E-state index is 4.17. The van der Waals surface area contributed by atoms with Crippen molar-refractivity contribution < 1.29 is 12.4 Å². The van der Waals surface area contributed by atoms with Gasteiger partial charge in [-0.1, -0.05) is 77.6 Å². The molecule has 2 aromatic rings. The van der Waals surface area contributed by atoms with Crippen molar-refractivity contribution in [3.63, 3.8) is 0 Å². The summed E-state index contributed by atoms with van der Waals surface area (Å²) >= 11 is 0. The van der Waals surface area contributed by atoms with E-state index in [-0.39, 0.29) is 35.5 Å². The second kappa shape index (κ2) is 8.00. The monoisotopic (exact) mass is 284 g/mol. The molecule has 90 valence electrons. The average molecular weight is 285 g/mol. The van der Waals surface area contributed by atoms with Crippen molar-refractivity contribution in [3.8, 4) is 0 Å². The van der Waals surface area contributed by atoms with E-state index in [1.54, 1.807) is 0 Å². The number of halogens is 1. The molecule has 0 nitrogen and oxygen atoms in total. The molecule has 2 aromatic carbocycles. The fourth-order valence-corrected chi connectivity index (χ4v) is 4.83. The molecule has 2 rings (SSSR count). The van der Waals surface area contributed by atoms with Crippen LogP contribution < -0.4 is 22.8 Å². The Kier molecular flexibility index (Phi) is 7.87. The van der Waals surface area contributed by atoms with E-state index in [9.17, 15) is 0 Å². The zero-order valence-electron chi connectivity index (χ0n) is 10.8. The summed E-state index contributed by atoms with van der Waals surface area (Å²) in [6.07, 6.45) is 0. The molecule has 0 saturated carbocycles. The van der Waals surface area contributed by atoms with Gasteiger partial charge in [-0.3, -0.25) is 0 Å². The Morgan fingerprint density at radius 2 is 1.17 bits per heavy atom. The normalized spacial score (nSPS) is 10.1. The van der Waals surface area contributed by atoms with Gasteiger partial charge in [-0.15, -0.1) is 0 Å². The molecule has 0 saturated heterocycles. The van der Waals surface area contributed by atoms with Gasteiger partial charge in [-0.25, -0.2) is 0 Å². The van der Waals surface area contributed by atoms with Crippen LogP contribution in [0.25, 0.3) is 0 Å². The molecule has 0 aliphatic heterocycles. The smallest absolute Gasteiger partial charge is 1.00 e.